The van der Waals surface area contributed by atoms with Gasteiger partial charge in [-0.05, 0) is 85.8 Å². The number of rotatable bonds is 15. The highest BCUT2D eigenvalue weighted by Crippen LogP contribution is 2.33. The lowest BCUT2D eigenvalue weighted by Crippen LogP contribution is -2.54. The number of anilines is 1. The molecule has 0 bridgehead atoms. The van der Waals surface area contributed by atoms with Crippen LogP contribution in [0.15, 0.2) is 89.8 Å². The van der Waals surface area contributed by atoms with Crippen LogP contribution in [0.3, 0.4) is 0 Å². The van der Waals surface area contributed by atoms with Crippen molar-refractivity contribution in [1.29, 1.82) is 0 Å². The zero-order valence-corrected chi connectivity index (χ0v) is 31.4. The maximum Gasteiger partial charge on any atom is 0.264 e. The number of halogens is 2. The lowest BCUT2D eigenvalue weighted by atomic mass is 10.0. The average molecular weight is 741 g/mol. The molecule has 266 valence electrons. The summed E-state index contributed by atoms with van der Waals surface area (Å²) in [5, 5.41) is 3.75. The van der Waals surface area contributed by atoms with Crippen LogP contribution in [0.4, 0.5) is 5.69 Å². The highest BCUT2D eigenvalue weighted by molar-refractivity contribution is 7.92. The number of ether oxygens (including phenoxy) is 2. The number of carbonyl (C=O) groups is 2. The molecule has 2 amide bonds. The Kier molecular flexibility index (Phi) is 13.2. The number of aryl methyl sites for hydroxylation is 2. The Morgan fingerprint density at radius 1 is 0.860 bits per heavy atom. The third-order valence-electron chi connectivity index (χ3n) is 8.34. The zero-order valence-electron chi connectivity index (χ0n) is 29.1. The van der Waals surface area contributed by atoms with Gasteiger partial charge in [-0.1, -0.05) is 72.6 Å². The van der Waals surface area contributed by atoms with Gasteiger partial charge in [0.15, 0.2) is 11.5 Å². The molecule has 0 heterocycles. The fourth-order valence-electron chi connectivity index (χ4n) is 5.56. The summed E-state index contributed by atoms with van der Waals surface area (Å²) in [4.78, 5) is 30.2. The Morgan fingerprint density at radius 2 is 1.52 bits per heavy atom. The first-order valence-corrected chi connectivity index (χ1v) is 18.4. The number of nitrogens with zero attached hydrogens (tertiary/aromatic N) is 2. The van der Waals surface area contributed by atoms with Crippen molar-refractivity contribution in [3.63, 3.8) is 0 Å². The van der Waals surface area contributed by atoms with Crippen LogP contribution >= 0.6 is 23.2 Å². The Hall–Kier alpha value is -4.25. The summed E-state index contributed by atoms with van der Waals surface area (Å²) in [6.07, 6.45) is 0.844. The third kappa shape index (κ3) is 9.50. The van der Waals surface area contributed by atoms with Crippen LogP contribution < -0.4 is 19.1 Å². The predicted octanol–water partition coefficient (Wildman–Crippen LogP) is 7.38. The first-order chi connectivity index (χ1) is 23.8. The van der Waals surface area contributed by atoms with Gasteiger partial charge >= 0.3 is 0 Å². The number of nitrogens with one attached hydrogen (secondary N) is 1. The van der Waals surface area contributed by atoms with Crippen LogP contribution in [0.5, 0.6) is 11.5 Å². The molecule has 0 radical (unpaired) electrons. The summed E-state index contributed by atoms with van der Waals surface area (Å²) in [6, 6.07) is 22.7. The summed E-state index contributed by atoms with van der Waals surface area (Å²) in [6.45, 7) is 6.84. The number of methoxy groups -OCH3 is 2. The molecule has 9 nitrogen and oxygen atoms in total. The van der Waals surface area contributed by atoms with Gasteiger partial charge in [0.1, 0.15) is 12.6 Å². The van der Waals surface area contributed by atoms with Gasteiger partial charge in [0.25, 0.3) is 10.0 Å². The van der Waals surface area contributed by atoms with Gasteiger partial charge in [-0.3, -0.25) is 13.9 Å². The minimum Gasteiger partial charge on any atom is -0.493 e. The lowest BCUT2D eigenvalue weighted by Gasteiger charge is -2.34. The van der Waals surface area contributed by atoms with Crippen molar-refractivity contribution in [2.45, 2.75) is 64.1 Å². The first-order valence-electron chi connectivity index (χ1n) is 16.2. The number of benzene rings is 4. The van der Waals surface area contributed by atoms with Gasteiger partial charge in [-0.15, -0.1) is 0 Å². The molecule has 50 heavy (non-hydrogen) atoms. The highest BCUT2D eigenvalue weighted by atomic mass is 35.5. The molecule has 2 atom stereocenters. The number of carbonyl (C=O) groups excluding carboxylic acids is 2. The second kappa shape index (κ2) is 17.1. The van der Waals surface area contributed by atoms with E-state index in [-0.39, 0.29) is 35.6 Å². The molecule has 0 spiro atoms. The number of hydrogen-bond donors (Lipinski definition) is 1. The summed E-state index contributed by atoms with van der Waals surface area (Å²) in [5.74, 6) is -0.423. The Bertz CT molecular complexity index is 1900. The summed E-state index contributed by atoms with van der Waals surface area (Å²) in [7, 11) is -1.51. The van der Waals surface area contributed by atoms with Crippen molar-refractivity contribution in [3.8, 4) is 11.5 Å². The van der Waals surface area contributed by atoms with Gasteiger partial charge in [-0.2, -0.15) is 0 Å². The molecule has 0 saturated heterocycles. The molecule has 4 aromatic carbocycles. The van der Waals surface area contributed by atoms with E-state index in [0.29, 0.717) is 33.5 Å². The van der Waals surface area contributed by atoms with Gasteiger partial charge < -0.3 is 19.7 Å². The summed E-state index contributed by atoms with van der Waals surface area (Å²) < 4.78 is 40.9. The van der Waals surface area contributed by atoms with E-state index in [1.165, 1.54) is 37.3 Å². The quantitative estimate of drug-likeness (QED) is 0.137. The predicted molar refractivity (Wildman–Crippen MR) is 199 cm³/mol. The fraction of sp³-hybridized carbons (Fsp3) is 0.316. The molecule has 0 saturated carbocycles. The van der Waals surface area contributed by atoms with Crippen LogP contribution in [-0.4, -0.2) is 58.0 Å². The maximum atomic E-state index is 14.8. The van der Waals surface area contributed by atoms with Gasteiger partial charge in [0.05, 0.1) is 24.8 Å². The van der Waals surface area contributed by atoms with Crippen LogP contribution in [0.25, 0.3) is 0 Å². The fourth-order valence-corrected chi connectivity index (χ4v) is 7.44. The Balaban J connectivity index is 1.88. The van der Waals surface area contributed by atoms with E-state index in [9.17, 15) is 18.0 Å². The summed E-state index contributed by atoms with van der Waals surface area (Å²) >= 11 is 12.8. The molecular formula is C38H43Cl2N3O6S. The largest absolute Gasteiger partial charge is 0.493 e. The van der Waals surface area contributed by atoms with E-state index in [2.05, 4.69) is 5.32 Å². The van der Waals surface area contributed by atoms with Crippen LogP contribution in [-0.2, 0) is 32.6 Å². The highest BCUT2D eigenvalue weighted by Gasteiger charge is 2.35. The van der Waals surface area contributed by atoms with E-state index >= 15 is 0 Å². The van der Waals surface area contributed by atoms with E-state index in [1.807, 2.05) is 64.1 Å². The molecule has 0 aliphatic carbocycles. The molecule has 12 heteroatoms. The molecule has 0 fully saturated rings. The van der Waals surface area contributed by atoms with Crippen molar-refractivity contribution in [2.24, 2.45) is 0 Å². The van der Waals surface area contributed by atoms with Crippen LogP contribution in [0, 0.1) is 13.8 Å². The van der Waals surface area contributed by atoms with E-state index in [0.717, 1.165) is 21.0 Å². The second-order valence-corrected chi connectivity index (χ2v) is 14.9. The van der Waals surface area contributed by atoms with Gasteiger partial charge in [0.2, 0.25) is 11.8 Å². The third-order valence-corrected chi connectivity index (χ3v) is 10.7. The SMILES string of the molecule is CCC(C)NC(=O)C(Cc1ccccc1)N(Cc1ccc(Cl)cc1Cl)C(=O)CN(c1cc(C)cc(C)c1)S(=O)(=O)c1ccc(OC)c(OC)c1. The number of sulfonamides is 1. The van der Waals surface area contributed by atoms with Crippen molar-refractivity contribution >= 4 is 50.7 Å². The summed E-state index contributed by atoms with van der Waals surface area (Å²) in [5.41, 5.74) is 3.26. The molecule has 2 unspecified atom stereocenters. The number of amides is 2. The second-order valence-electron chi connectivity index (χ2n) is 12.2. The standard InChI is InChI=1S/C38H43Cl2N3O6S/c1-7-27(4)41-38(45)34(20-28-11-9-8-10-12-28)42(23-29-13-14-30(39)21-33(29)40)37(44)24-43(31-18-25(2)17-26(3)19-31)50(46,47)32-15-16-35(48-5)36(22-32)49-6/h8-19,21-22,27,34H,7,20,23-24H2,1-6H3,(H,41,45). The molecule has 4 aromatic rings. The van der Waals surface area contributed by atoms with Crippen LogP contribution in [0.1, 0.15) is 42.5 Å². The average Bonchev–Trinajstić information content (AvgIpc) is 3.08. The maximum absolute atomic E-state index is 14.8. The van der Waals surface area contributed by atoms with Crippen molar-refractivity contribution < 1.29 is 27.5 Å². The van der Waals surface area contributed by atoms with Crippen molar-refractivity contribution in [1.82, 2.24) is 10.2 Å². The van der Waals surface area contributed by atoms with E-state index in [4.69, 9.17) is 32.7 Å². The molecule has 1 N–H and O–H groups in total. The van der Waals surface area contributed by atoms with Gasteiger partial charge in [0, 0.05) is 35.1 Å². The smallest absolute Gasteiger partial charge is 0.264 e. The molecule has 4 rings (SSSR count). The molecule has 0 aliphatic rings. The minimum atomic E-state index is -4.38. The monoisotopic (exact) mass is 739 g/mol. The first kappa shape index (κ1) is 38.6. The topological polar surface area (TPSA) is 105 Å². The molecular weight excluding hydrogens is 697 g/mol. The van der Waals surface area contributed by atoms with Crippen LogP contribution in [0.2, 0.25) is 10.0 Å². The molecule has 0 aromatic heterocycles. The zero-order chi connectivity index (χ0) is 36.6. The van der Waals surface area contributed by atoms with Gasteiger partial charge in [-0.25, -0.2) is 8.42 Å². The Morgan fingerprint density at radius 3 is 2.12 bits per heavy atom. The van der Waals surface area contributed by atoms with E-state index < -0.39 is 28.5 Å². The Labute approximate surface area is 305 Å². The molecule has 0 aliphatic heterocycles. The number of hydrogen-bond acceptors (Lipinski definition) is 6. The minimum absolute atomic E-state index is 0.0860. The lowest BCUT2D eigenvalue weighted by molar-refractivity contribution is -0.140. The van der Waals surface area contributed by atoms with Crippen molar-refractivity contribution in [2.75, 3.05) is 25.1 Å². The van der Waals surface area contributed by atoms with E-state index in [1.54, 1.807) is 30.3 Å². The van der Waals surface area contributed by atoms with Crippen molar-refractivity contribution in [3.05, 3.63) is 117 Å². The normalized spacial score (nSPS) is 12.5.